The molecule has 0 aliphatic carbocycles. The highest BCUT2D eigenvalue weighted by atomic mass is 19.3. The molecule has 0 fully saturated rings. The fourth-order valence-corrected chi connectivity index (χ4v) is 1.53. The van der Waals surface area contributed by atoms with E-state index in [0.29, 0.717) is 0 Å². The Morgan fingerprint density at radius 3 is 2.67 bits per heavy atom. The second kappa shape index (κ2) is 3.68. The number of hydrogen-bond acceptors (Lipinski definition) is 2. The molecule has 1 aromatic rings. The van der Waals surface area contributed by atoms with Crippen LogP contribution < -0.4 is 9.47 Å². The highest BCUT2D eigenvalue weighted by Crippen LogP contribution is 2.41. The van der Waals surface area contributed by atoms with E-state index in [1.807, 2.05) is 0 Å². The van der Waals surface area contributed by atoms with Gasteiger partial charge in [-0.3, -0.25) is 0 Å². The summed E-state index contributed by atoms with van der Waals surface area (Å²) < 4.78 is 34.0. The van der Waals surface area contributed by atoms with Gasteiger partial charge in [-0.1, -0.05) is 19.4 Å². The van der Waals surface area contributed by atoms with Crippen LogP contribution in [0.4, 0.5) is 8.78 Å². The second-order valence-electron chi connectivity index (χ2n) is 3.55. The van der Waals surface area contributed by atoms with Gasteiger partial charge in [-0.15, -0.1) is 8.78 Å². The van der Waals surface area contributed by atoms with Crippen LogP contribution in [0.5, 0.6) is 11.5 Å². The van der Waals surface area contributed by atoms with E-state index in [2.05, 4.69) is 16.4 Å². The summed E-state index contributed by atoms with van der Waals surface area (Å²) in [6.45, 7) is 2.08. The molecule has 1 heterocycles. The summed E-state index contributed by atoms with van der Waals surface area (Å²) in [5.74, 6) is 0.244. The topological polar surface area (TPSA) is 18.5 Å². The molecule has 0 aromatic heterocycles. The van der Waals surface area contributed by atoms with E-state index in [1.165, 1.54) is 6.07 Å². The molecule has 0 bridgehead atoms. The Labute approximate surface area is 86.8 Å². The van der Waals surface area contributed by atoms with Crippen LogP contribution in [0.3, 0.4) is 0 Å². The maximum absolute atomic E-state index is 12.7. The van der Waals surface area contributed by atoms with Gasteiger partial charge < -0.3 is 9.47 Å². The molecule has 15 heavy (non-hydrogen) atoms. The molecule has 1 aliphatic heterocycles. The van der Waals surface area contributed by atoms with Gasteiger partial charge in [0.05, 0.1) is 0 Å². The second-order valence-corrected chi connectivity index (χ2v) is 3.55. The van der Waals surface area contributed by atoms with E-state index < -0.39 is 6.29 Å². The summed E-state index contributed by atoms with van der Waals surface area (Å²) in [5.41, 5.74) is 0.997. The van der Waals surface area contributed by atoms with Gasteiger partial charge in [-0.2, -0.15) is 0 Å². The van der Waals surface area contributed by atoms with Gasteiger partial charge in [0, 0.05) is 0 Å². The quantitative estimate of drug-likeness (QED) is 0.768. The molecule has 4 heteroatoms. The van der Waals surface area contributed by atoms with E-state index in [1.54, 1.807) is 12.1 Å². The lowest BCUT2D eigenvalue weighted by Crippen LogP contribution is -2.25. The Morgan fingerprint density at radius 2 is 1.93 bits per heavy atom. The van der Waals surface area contributed by atoms with Crippen molar-refractivity contribution in [1.29, 1.82) is 0 Å². The lowest BCUT2D eigenvalue weighted by molar-refractivity contribution is -0.286. The third kappa shape index (κ3) is 2.19. The van der Waals surface area contributed by atoms with Crippen LogP contribution in [0, 0.1) is 0 Å². The van der Waals surface area contributed by atoms with Gasteiger partial charge >= 0.3 is 6.29 Å². The fraction of sp³-hybridized carbons (Fsp3) is 0.455. The maximum Gasteiger partial charge on any atom is 0.586 e. The van der Waals surface area contributed by atoms with Gasteiger partial charge in [0.15, 0.2) is 11.5 Å². The number of aryl methyl sites for hydroxylation is 1. The fourth-order valence-electron chi connectivity index (χ4n) is 1.53. The average Bonchev–Trinajstić information content (AvgIpc) is 2.47. The van der Waals surface area contributed by atoms with Crippen molar-refractivity contribution in [3.8, 4) is 11.5 Å². The molecule has 0 saturated heterocycles. The van der Waals surface area contributed by atoms with Crippen LogP contribution >= 0.6 is 0 Å². The van der Waals surface area contributed by atoms with Crippen LogP contribution in [0.15, 0.2) is 18.2 Å². The Bertz CT molecular complexity index is 364. The van der Waals surface area contributed by atoms with Gasteiger partial charge in [0.25, 0.3) is 0 Å². The van der Waals surface area contributed by atoms with Crippen LogP contribution in [0.1, 0.15) is 25.3 Å². The molecule has 0 unspecified atom stereocenters. The van der Waals surface area contributed by atoms with E-state index in [0.717, 1.165) is 24.8 Å². The minimum atomic E-state index is -3.51. The summed E-state index contributed by atoms with van der Waals surface area (Å²) >= 11 is 0. The van der Waals surface area contributed by atoms with Crippen molar-refractivity contribution < 1.29 is 18.3 Å². The van der Waals surface area contributed by atoms with E-state index >= 15 is 0 Å². The first-order chi connectivity index (χ1) is 7.11. The molecule has 0 amide bonds. The highest BCUT2D eigenvalue weighted by Gasteiger charge is 2.43. The third-order valence-electron chi connectivity index (χ3n) is 2.28. The van der Waals surface area contributed by atoms with Gasteiger partial charge in [0.1, 0.15) is 0 Å². The largest absolute Gasteiger partial charge is 0.586 e. The van der Waals surface area contributed by atoms with Crippen LogP contribution in [0.25, 0.3) is 0 Å². The number of fused-ring (bicyclic) bond motifs is 1. The van der Waals surface area contributed by atoms with Crippen molar-refractivity contribution in [2.24, 2.45) is 0 Å². The van der Waals surface area contributed by atoms with Gasteiger partial charge in [-0.25, -0.2) is 0 Å². The summed E-state index contributed by atoms with van der Waals surface area (Å²) in [6.07, 6.45) is -0.523. The molecule has 0 radical (unpaired) electrons. The predicted octanol–water partition coefficient (Wildman–Crippen LogP) is 3.35. The third-order valence-corrected chi connectivity index (χ3v) is 2.28. The first-order valence-electron chi connectivity index (χ1n) is 4.99. The van der Waals surface area contributed by atoms with Crippen LogP contribution in [0.2, 0.25) is 0 Å². The number of hydrogen-bond donors (Lipinski definition) is 0. The van der Waals surface area contributed by atoms with Crippen molar-refractivity contribution in [1.82, 2.24) is 0 Å². The first kappa shape index (κ1) is 10.2. The zero-order chi connectivity index (χ0) is 10.9. The molecule has 0 spiro atoms. The number of benzene rings is 1. The monoisotopic (exact) mass is 214 g/mol. The van der Waals surface area contributed by atoms with E-state index in [-0.39, 0.29) is 11.5 Å². The maximum atomic E-state index is 12.7. The lowest BCUT2D eigenvalue weighted by atomic mass is 10.1. The molecule has 0 N–H and O–H groups in total. The van der Waals surface area contributed by atoms with Crippen molar-refractivity contribution in [3.05, 3.63) is 23.8 Å². The number of unbranched alkanes of at least 4 members (excludes halogenated alkanes) is 1. The average molecular weight is 214 g/mol. The van der Waals surface area contributed by atoms with Crippen molar-refractivity contribution in [2.75, 3.05) is 0 Å². The smallest absolute Gasteiger partial charge is 0.395 e. The number of halogens is 2. The number of ether oxygens (including phenoxy) is 2. The lowest BCUT2D eigenvalue weighted by Gasteiger charge is -2.04. The molecule has 2 rings (SSSR count). The minimum Gasteiger partial charge on any atom is -0.395 e. The minimum absolute atomic E-state index is 0.111. The molecular weight excluding hydrogens is 202 g/mol. The molecule has 0 atom stereocenters. The Balaban J connectivity index is 2.15. The van der Waals surface area contributed by atoms with Gasteiger partial charge in [0.2, 0.25) is 0 Å². The van der Waals surface area contributed by atoms with Crippen LogP contribution in [-0.4, -0.2) is 6.29 Å². The standard InChI is InChI=1S/C11H12F2O2/c1-2-3-4-8-5-6-9-10(7-8)15-11(12,13)14-9/h5-7H,2-4H2,1H3. The number of alkyl halides is 2. The molecule has 82 valence electrons. The normalized spacial score (nSPS) is 16.7. The van der Waals surface area contributed by atoms with Crippen LogP contribution in [-0.2, 0) is 6.42 Å². The Hall–Kier alpha value is -1.32. The predicted molar refractivity (Wildman–Crippen MR) is 51.3 cm³/mol. The van der Waals surface area contributed by atoms with E-state index in [4.69, 9.17) is 0 Å². The summed E-state index contributed by atoms with van der Waals surface area (Å²) in [7, 11) is 0. The SMILES string of the molecule is CCCCc1ccc2c(c1)OC(F)(F)O2. The Morgan fingerprint density at radius 1 is 1.20 bits per heavy atom. The molecule has 1 aliphatic rings. The molecule has 0 saturated carbocycles. The summed E-state index contributed by atoms with van der Waals surface area (Å²) in [4.78, 5) is 0. The molecule has 2 nitrogen and oxygen atoms in total. The zero-order valence-corrected chi connectivity index (χ0v) is 8.43. The zero-order valence-electron chi connectivity index (χ0n) is 8.43. The van der Waals surface area contributed by atoms with Crippen molar-refractivity contribution in [3.63, 3.8) is 0 Å². The summed E-state index contributed by atoms with van der Waals surface area (Å²) in [5, 5.41) is 0. The Kier molecular flexibility index (Phi) is 2.50. The van der Waals surface area contributed by atoms with E-state index in [9.17, 15) is 8.78 Å². The highest BCUT2D eigenvalue weighted by molar-refractivity contribution is 5.45. The summed E-state index contributed by atoms with van der Waals surface area (Å²) in [6, 6.07) is 4.94. The number of rotatable bonds is 3. The first-order valence-corrected chi connectivity index (χ1v) is 4.99. The molecular formula is C11H12F2O2. The molecule has 1 aromatic carbocycles. The van der Waals surface area contributed by atoms with Crippen molar-refractivity contribution >= 4 is 0 Å². The van der Waals surface area contributed by atoms with Crippen molar-refractivity contribution in [2.45, 2.75) is 32.5 Å². The van der Waals surface area contributed by atoms with Gasteiger partial charge in [-0.05, 0) is 30.5 Å².